The molecule has 0 fully saturated rings. The standard InChI is InChI=1S/C12H7O3/c13-7-8-1-2-10-6-11(12(14)15)4-3-9(10)5-8/h1-6H,(H,14,15). The summed E-state index contributed by atoms with van der Waals surface area (Å²) in [5.74, 6) is -0.956. The van der Waals surface area contributed by atoms with Crippen molar-refractivity contribution in [2.24, 2.45) is 0 Å². The summed E-state index contributed by atoms with van der Waals surface area (Å²) in [5, 5.41) is 10.4. The summed E-state index contributed by atoms with van der Waals surface area (Å²) in [6.45, 7) is 0. The minimum absolute atomic E-state index is 0.241. The summed E-state index contributed by atoms with van der Waals surface area (Å²) >= 11 is 0. The fourth-order valence-corrected chi connectivity index (χ4v) is 1.44. The van der Waals surface area contributed by atoms with Gasteiger partial charge in [0.25, 0.3) is 0 Å². The van der Waals surface area contributed by atoms with E-state index in [0.717, 1.165) is 10.8 Å². The molecule has 0 aromatic heterocycles. The van der Waals surface area contributed by atoms with Crippen LogP contribution in [0.4, 0.5) is 0 Å². The largest absolute Gasteiger partial charge is 0.478 e. The molecule has 15 heavy (non-hydrogen) atoms. The zero-order valence-corrected chi connectivity index (χ0v) is 7.73. The highest BCUT2D eigenvalue weighted by molar-refractivity contribution is 5.96. The second kappa shape index (κ2) is 3.53. The van der Waals surface area contributed by atoms with Crippen molar-refractivity contribution in [3.63, 3.8) is 0 Å². The molecule has 3 nitrogen and oxygen atoms in total. The molecule has 0 atom stereocenters. The Bertz CT molecular complexity index is 544. The van der Waals surface area contributed by atoms with E-state index in [-0.39, 0.29) is 5.56 Å². The molecule has 0 heterocycles. The molecule has 3 heteroatoms. The van der Waals surface area contributed by atoms with Gasteiger partial charge in [-0.25, -0.2) is 4.79 Å². The van der Waals surface area contributed by atoms with Gasteiger partial charge >= 0.3 is 5.97 Å². The lowest BCUT2D eigenvalue weighted by Gasteiger charge is -2.00. The number of carbonyl (C=O) groups is 1. The summed E-state index contributed by atoms with van der Waals surface area (Å²) in [4.78, 5) is 21.1. The maximum absolute atomic E-state index is 10.7. The van der Waals surface area contributed by atoms with Crippen LogP contribution in [0.3, 0.4) is 0 Å². The molecular weight excluding hydrogens is 192 g/mol. The number of aromatic carboxylic acids is 1. The highest BCUT2D eigenvalue weighted by Crippen LogP contribution is 2.17. The minimum atomic E-state index is -0.956. The summed E-state index contributed by atoms with van der Waals surface area (Å²) in [6, 6.07) is 9.77. The highest BCUT2D eigenvalue weighted by atomic mass is 16.4. The first-order valence-electron chi connectivity index (χ1n) is 4.36. The van der Waals surface area contributed by atoms with Crippen molar-refractivity contribution in [1.29, 1.82) is 0 Å². The van der Waals surface area contributed by atoms with Crippen LogP contribution in [0.1, 0.15) is 15.9 Å². The fourth-order valence-electron chi connectivity index (χ4n) is 1.44. The predicted molar refractivity (Wildman–Crippen MR) is 55.7 cm³/mol. The predicted octanol–water partition coefficient (Wildman–Crippen LogP) is 2.00. The third-order valence-corrected chi connectivity index (χ3v) is 2.21. The van der Waals surface area contributed by atoms with E-state index in [4.69, 9.17) is 5.11 Å². The van der Waals surface area contributed by atoms with Crippen LogP contribution in [-0.2, 0) is 4.79 Å². The fraction of sp³-hybridized carbons (Fsp3) is 0. The van der Waals surface area contributed by atoms with Crippen molar-refractivity contribution in [1.82, 2.24) is 0 Å². The quantitative estimate of drug-likeness (QED) is 0.804. The zero-order valence-electron chi connectivity index (χ0n) is 7.73. The van der Waals surface area contributed by atoms with Crippen LogP contribution in [0.2, 0.25) is 0 Å². The molecule has 0 bridgehead atoms. The topological polar surface area (TPSA) is 54.4 Å². The lowest BCUT2D eigenvalue weighted by Crippen LogP contribution is -1.95. The van der Waals surface area contributed by atoms with E-state index in [1.807, 2.05) is 0 Å². The van der Waals surface area contributed by atoms with E-state index in [0.29, 0.717) is 5.56 Å². The lowest BCUT2D eigenvalue weighted by molar-refractivity contribution is 0.0697. The average molecular weight is 199 g/mol. The third-order valence-electron chi connectivity index (χ3n) is 2.21. The number of carboxylic acids is 1. The van der Waals surface area contributed by atoms with Crippen molar-refractivity contribution < 1.29 is 14.7 Å². The maximum atomic E-state index is 10.7. The molecular formula is C12H7O3. The van der Waals surface area contributed by atoms with E-state index < -0.39 is 5.97 Å². The number of carboxylic acid groups (broad SMARTS) is 1. The van der Waals surface area contributed by atoms with Gasteiger partial charge in [-0.3, -0.25) is 4.79 Å². The molecule has 0 saturated heterocycles. The van der Waals surface area contributed by atoms with Gasteiger partial charge in [-0.15, -0.1) is 0 Å². The molecule has 0 aliphatic rings. The molecule has 2 aromatic rings. The van der Waals surface area contributed by atoms with Crippen LogP contribution in [0.25, 0.3) is 10.8 Å². The Balaban J connectivity index is 2.64. The van der Waals surface area contributed by atoms with Crippen LogP contribution >= 0.6 is 0 Å². The van der Waals surface area contributed by atoms with E-state index in [9.17, 15) is 9.59 Å². The van der Waals surface area contributed by atoms with Gasteiger partial charge < -0.3 is 5.11 Å². The summed E-state index contributed by atoms with van der Waals surface area (Å²) in [6.07, 6.45) is 1.79. The monoisotopic (exact) mass is 199 g/mol. The number of hydrogen-bond acceptors (Lipinski definition) is 2. The van der Waals surface area contributed by atoms with E-state index in [1.54, 1.807) is 36.6 Å². The Hall–Kier alpha value is -2.16. The highest BCUT2D eigenvalue weighted by Gasteiger charge is 2.03. The molecule has 0 saturated carbocycles. The average Bonchev–Trinajstić information content (AvgIpc) is 2.27. The molecule has 2 aromatic carbocycles. The van der Waals surface area contributed by atoms with Gasteiger partial charge in [0.05, 0.1) is 5.56 Å². The van der Waals surface area contributed by atoms with Crippen LogP contribution in [0.15, 0.2) is 36.4 Å². The summed E-state index contributed by atoms with van der Waals surface area (Å²) in [7, 11) is 0. The first-order chi connectivity index (χ1) is 7.20. The lowest BCUT2D eigenvalue weighted by atomic mass is 10.0. The van der Waals surface area contributed by atoms with Gasteiger partial charge in [0.2, 0.25) is 6.29 Å². The number of benzene rings is 2. The van der Waals surface area contributed by atoms with Gasteiger partial charge in [-0.1, -0.05) is 18.2 Å². The Morgan fingerprint density at radius 1 is 1.07 bits per heavy atom. The Morgan fingerprint density at radius 3 is 2.40 bits per heavy atom. The molecule has 1 radical (unpaired) electrons. The van der Waals surface area contributed by atoms with E-state index in [2.05, 4.69) is 0 Å². The number of hydrogen-bond donors (Lipinski definition) is 1. The molecule has 0 aliphatic carbocycles. The normalized spacial score (nSPS) is 10.1. The number of carbonyl (C=O) groups excluding carboxylic acids is 1. The van der Waals surface area contributed by atoms with E-state index >= 15 is 0 Å². The van der Waals surface area contributed by atoms with Gasteiger partial charge in [0, 0.05) is 5.56 Å². The van der Waals surface area contributed by atoms with Crippen molar-refractivity contribution >= 4 is 23.0 Å². The van der Waals surface area contributed by atoms with Gasteiger partial charge in [-0.2, -0.15) is 0 Å². The van der Waals surface area contributed by atoms with Crippen molar-refractivity contribution in [2.75, 3.05) is 0 Å². The molecule has 1 N–H and O–H groups in total. The number of fused-ring (bicyclic) bond motifs is 1. The minimum Gasteiger partial charge on any atom is -0.478 e. The first kappa shape index (κ1) is 9.40. The van der Waals surface area contributed by atoms with Crippen molar-refractivity contribution in [3.8, 4) is 0 Å². The second-order valence-electron chi connectivity index (χ2n) is 3.18. The van der Waals surface area contributed by atoms with Gasteiger partial charge in [0.1, 0.15) is 0 Å². The molecule has 0 spiro atoms. The molecule has 73 valence electrons. The van der Waals surface area contributed by atoms with Crippen molar-refractivity contribution in [3.05, 3.63) is 47.5 Å². The smallest absolute Gasteiger partial charge is 0.335 e. The van der Waals surface area contributed by atoms with Crippen LogP contribution < -0.4 is 0 Å². The molecule has 0 amide bonds. The van der Waals surface area contributed by atoms with Crippen LogP contribution in [0.5, 0.6) is 0 Å². The van der Waals surface area contributed by atoms with E-state index in [1.165, 1.54) is 6.07 Å². The van der Waals surface area contributed by atoms with Gasteiger partial charge in [-0.05, 0) is 29.0 Å². The first-order valence-corrected chi connectivity index (χ1v) is 4.36. The molecule has 0 aliphatic heterocycles. The molecule has 2 rings (SSSR count). The summed E-state index contributed by atoms with van der Waals surface area (Å²) in [5.41, 5.74) is 0.705. The van der Waals surface area contributed by atoms with Gasteiger partial charge in [0.15, 0.2) is 0 Å². The third kappa shape index (κ3) is 1.72. The Kier molecular flexibility index (Phi) is 2.21. The zero-order chi connectivity index (χ0) is 10.8. The van der Waals surface area contributed by atoms with Crippen LogP contribution in [-0.4, -0.2) is 17.4 Å². The number of rotatable bonds is 2. The molecule has 0 unspecified atom stereocenters. The van der Waals surface area contributed by atoms with Crippen LogP contribution in [0, 0.1) is 0 Å². The second-order valence-corrected chi connectivity index (χ2v) is 3.18. The summed E-state index contributed by atoms with van der Waals surface area (Å²) < 4.78 is 0. The Morgan fingerprint density at radius 2 is 1.73 bits per heavy atom. The maximum Gasteiger partial charge on any atom is 0.335 e. The SMILES string of the molecule is O=[C]c1ccc2cc(C(=O)O)ccc2c1. The Labute approximate surface area is 86.0 Å². The van der Waals surface area contributed by atoms with Crippen molar-refractivity contribution in [2.45, 2.75) is 0 Å².